The highest BCUT2D eigenvalue weighted by atomic mass is 16.3. The molecule has 5 nitrogen and oxygen atoms in total. The molecule has 5 heteroatoms. The predicted octanol–water partition coefficient (Wildman–Crippen LogP) is 6.42. The average Bonchev–Trinajstić information content (AvgIpc) is 2.79. The predicted molar refractivity (Wildman–Crippen MR) is 136 cm³/mol. The summed E-state index contributed by atoms with van der Waals surface area (Å²) < 4.78 is 0. The van der Waals surface area contributed by atoms with E-state index in [1.807, 2.05) is 0 Å². The molecule has 0 aliphatic heterocycles. The van der Waals surface area contributed by atoms with Gasteiger partial charge in [-0.05, 0) is 12.8 Å². The van der Waals surface area contributed by atoms with Crippen LogP contribution in [0.5, 0.6) is 0 Å². The van der Waals surface area contributed by atoms with E-state index < -0.39 is 6.04 Å². The number of rotatable bonds is 24. The van der Waals surface area contributed by atoms with E-state index in [1.165, 1.54) is 89.9 Å². The number of carbonyl (C=O) groups excluding carboxylic acids is 2. The van der Waals surface area contributed by atoms with Crippen molar-refractivity contribution in [2.75, 3.05) is 13.2 Å². The van der Waals surface area contributed by atoms with Crippen LogP contribution < -0.4 is 10.6 Å². The first kappa shape index (κ1) is 30.9. The molecular formula is C27H54N2O3. The molecule has 0 fully saturated rings. The standard InChI is InChI=1S/C27H54N2O3/c1-3-5-7-9-11-13-15-17-19-21-26(31)28-23-25(24-30)29-27(32)22-20-18-16-14-12-10-8-6-4-2/h25,30H,3-24H2,1-2H3,(H,28,31)(H,29,32). The lowest BCUT2D eigenvalue weighted by Gasteiger charge is -2.17. The second-order valence-corrected chi connectivity index (χ2v) is 9.41. The van der Waals surface area contributed by atoms with Crippen LogP contribution in [0.4, 0.5) is 0 Å². The van der Waals surface area contributed by atoms with Gasteiger partial charge in [0.25, 0.3) is 0 Å². The van der Waals surface area contributed by atoms with Crippen LogP contribution in [0.1, 0.15) is 142 Å². The minimum atomic E-state index is -0.395. The molecule has 0 radical (unpaired) electrons. The molecule has 0 spiro atoms. The number of hydrogen-bond donors (Lipinski definition) is 3. The molecule has 0 aromatic heterocycles. The lowest BCUT2D eigenvalue weighted by molar-refractivity contribution is -0.124. The number of aliphatic hydroxyl groups excluding tert-OH is 1. The molecule has 2 amide bonds. The number of unbranched alkanes of at least 4 members (excludes halogenated alkanes) is 16. The normalized spacial score (nSPS) is 12.0. The summed E-state index contributed by atoms with van der Waals surface area (Å²) in [6, 6.07) is -0.395. The van der Waals surface area contributed by atoms with Gasteiger partial charge in [-0.3, -0.25) is 9.59 Å². The van der Waals surface area contributed by atoms with Gasteiger partial charge in [0, 0.05) is 19.4 Å². The molecule has 0 saturated carbocycles. The van der Waals surface area contributed by atoms with E-state index in [1.54, 1.807) is 0 Å². The monoisotopic (exact) mass is 454 g/mol. The van der Waals surface area contributed by atoms with Crippen LogP contribution in [-0.4, -0.2) is 36.1 Å². The van der Waals surface area contributed by atoms with Gasteiger partial charge in [0.2, 0.25) is 11.8 Å². The van der Waals surface area contributed by atoms with Crippen LogP contribution in [0.3, 0.4) is 0 Å². The van der Waals surface area contributed by atoms with Crippen LogP contribution in [-0.2, 0) is 9.59 Å². The zero-order valence-electron chi connectivity index (χ0n) is 21.4. The van der Waals surface area contributed by atoms with Crippen molar-refractivity contribution in [3.63, 3.8) is 0 Å². The first-order chi connectivity index (χ1) is 15.6. The molecule has 0 aromatic carbocycles. The minimum absolute atomic E-state index is 0.0135. The number of carbonyl (C=O) groups is 2. The Balaban J connectivity index is 3.61. The van der Waals surface area contributed by atoms with E-state index in [9.17, 15) is 14.7 Å². The Kier molecular flexibility index (Phi) is 23.7. The van der Waals surface area contributed by atoms with Crippen molar-refractivity contribution in [1.82, 2.24) is 10.6 Å². The maximum Gasteiger partial charge on any atom is 0.220 e. The van der Waals surface area contributed by atoms with Crippen molar-refractivity contribution in [2.45, 2.75) is 148 Å². The molecule has 3 N–H and O–H groups in total. The van der Waals surface area contributed by atoms with E-state index in [0.717, 1.165) is 25.7 Å². The van der Waals surface area contributed by atoms with Gasteiger partial charge in [-0.25, -0.2) is 0 Å². The Bertz CT molecular complexity index is 429. The van der Waals surface area contributed by atoms with Gasteiger partial charge in [-0.2, -0.15) is 0 Å². The van der Waals surface area contributed by atoms with Crippen molar-refractivity contribution >= 4 is 11.8 Å². The average molecular weight is 455 g/mol. The summed E-state index contributed by atoms with van der Waals surface area (Å²) in [5.41, 5.74) is 0. The van der Waals surface area contributed by atoms with Crippen molar-refractivity contribution in [1.29, 1.82) is 0 Å². The molecule has 0 aliphatic carbocycles. The van der Waals surface area contributed by atoms with Crippen LogP contribution in [0, 0.1) is 0 Å². The number of hydrogen-bond acceptors (Lipinski definition) is 3. The highest BCUT2D eigenvalue weighted by Crippen LogP contribution is 2.11. The molecule has 0 saturated heterocycles. The van der Waals surface area contributed by atoms with Gasteiger partial charge in [-0.15, -0.1) is 0 Å². The second-order valence-electron chi connectivity index (χ2n) is 9.41. The molecular weight excluding hydrogens is 400 g/mol. The van der Waals surface area contributed by atoms with Gasteiger partial charge < -0.3 is 15.7 Å². The van der Waals surface area contributed by atoms with Crippen molar-refractivity contribution < 1.29 is 14.7 Å². The molecule has 0 aromatic rings. The van der Waals surface area contributed by atoms with E-state index in [4.69, 9.17) is 0 Å². The fraction of sp³-hybridized carbons (Fsp3) is 0.926. The first-order valence-corrected chi connectivity index (χ1v) is 13.8. The van der Waals surface area contributed by atoms with E-state index in [-0.39, 0.29) is 18.4 Å². The topological polar surface area (TPSA) is 78.4 Å². The highest BCUT2D eigenvalue weighted by molar-refractivity contribution is 5.77. The fourth-order valence-electron chi connectivity index (χ4n) is 3.98. The third-order valence-corrected chi connectivity index (χ3v) is 6.15. The van der Waals surface area contributed by atoms with Gasteiger partial charge in [0.1, 0.15) is 0 Å². The van der Waals surface area contributed by atoms with E-state index in [2.05, 4.69) is 24.5 Å². The summed E-state index contributed by atoms with van der Waals surface area (Å²) in [4.78, 5) is 24.1. The van der Waals surface area contributed by atoms with Crippen LogP contribution in [0.15, 0.2) is 0 Å². The number of nitrogens with one attached hydrogen (secondary N) is 2. The Hall–Kier alpha value is -1.10. The van der Waals surface area contributed by atoms with Gasteiger partial charge >= 0.3 is 0 Å². The Morgan fingerprint density at radius 3 is 1.38 bits per heavy atom. The largest absolute Gasteiger partial charge is 0.394 e. The zero-order chi connectivity index (χ0) is 23.7. The molecule has 0 rings (SSSR count). The Morgan fingerprint density at radius 1 is 0.594 bits per heavy atom. The highest BCUT2D eigenvalue weighted by Gasteiger charge is 2.12. The van der Waals surface area contributed by atoms with Gasteiger partial charge in [-0.1, -0.05) is 117 Å². The summed E-state index contributed by atoms with van der Waals surface area (Å²) >= 11 is 0. The quantitative estimate of drug-likeness (QED) is 0.147. The zero-order valence-corrected chi connectivity index (χ0v) is 21.4. The van der Waals surface area contributed by atoms with E-state index >= 15 is 0 Å². The fourth-order valence-corrected chi connectivity index (χ4v) is 3.98. The Morgan fingerprint density at radius 2 is 0.969 bits per heavy atom. The van der Waals surface area contributed by atoms with Crippen LogP contribution in [0.2, 0.25) is 0 Å². The number of amides is 2. The number of aliphatic hydroxyl groups is 1. The third-order valence-electron chi connectivity index (χ3n) is 6.15. The summed E-state index contributed by atoms with van der Waals surface area (Å²) in [5.74, 6) is -0.0141. The molecule has 32 heavy (non-hydrogen) atoms. The summed E-state index contributed by atoms with van der Waals surface area (Å²) in [5, 5.41) is 15.2. The lowest BCUT2D eigenvalue weighted by atomic mass is 10.1. The molecule has 0 aliphatic rings. The minimum Gasteiger partial charge on any atom is -0.394 e. The first-order valence-electron chi connectivity index (χ1n) is 13.8. The van der Waals surface area contributed by atoms with Crippen LogP contribution in [0.25, 0.3) is 0 Å². The van der Waals surface area contributed by atoms with Gasteiger partial charge in [0.05, 0.1) is 12.6 Å². The molecule has 0 bridgehead atoms. The summed E-state index contributed by atoms with van der Waals surface area (Å²) in [6.07, 6.45) is 23.2. The molecule has 190 valence electrons. The lowest BCUT2D eigenvalue weighted by Crippen LogP contribution is -2.45. The van der Waals surface area contributed by atoms with Crippen LogP contribution >= 0.6 is 0 Å². The third kappa shape index (κ3) is 22.1. The summed E-state index contributed by atoms with van der Waals surface area (Å²) in [6.45, 7) is 4.62. The smallest absolute Gasteiger partial charge is 0.220 e. The van der Waals surface area contributed by atoms with Crippen molar-refractivity contribution in [2.24, 2.45) is 0 Å². The van der Waals surface area contributed by atoms with Crippen molar-refractivity contribution in [3.8, 4) is 0 Å². The maximum atomic E-state index is 12.1. The Labute approximate surface area is 198 Å². The van der Waals surface area contributed by atoms with E-state index in [0.29, 0.717) is 19.4 Å². The summed E-state index contributed by atoms with van der Waals surface area (Å²) in [7, 11) is 0. The van der Waals surface area contributed by atoms with Gasteiger partial charge in [0.15, 0.2) is 0 Å². The SMILES string of the molecule is CCCCCCCCCCCC(=O)NCC(CO)NC(=O)CCCCCCCCCCC. The second kappa shape index (κ2) is 24.5. The molecule has 1 unspecified atom stereocenters. The maximum absolute atomic E-state index is 12.1. The molecule has 1 atom stereocenters. The molecule has 0 heterocycles. The van der Waals surface area contributed by atoms with Crippen molar-refractivity contribution in [3.05, 3.63) is 0 Å².